The first-order chi connectivity index (χ1) is 13.1. The Morgan fingerprint density at radius 1 is 1.17 bits per heavy atom. The first kappa shape index (κ1) is 21.9. The molecule has 6 rings (SSSR count). The number of anilines is 1. The Labute approximate surface area is 182 Å². The van der Waals surface area contributed by atoms with Crippen LogP contribution < -0.4 is 10.2 Å². The molecule has 1 saturated heterocycles. The number of nitrogens with one attached hydrogen (secondary N) is 1. The van der Waals surface area contributed by atoms with Gasteiger partial charge in [-0.3, -0.25) is 4.79 Å². The van der Waals surface area contributed by atoms with E-state index in [1.165, 1.54) is 0 Å². The lowest BCUT2D eigenvalue weighted by molar-refractivity contribution is -0.133. The van der Waals surface area contributed by atoms with Gasteiger partial charge in [0.15, 0.2) is 0 Å². The highest BCUT2D eigenvalue weighted by molar-refractivity contribution is 5.85. The van der Waals surface area contributed by atoms with Crippen LogP contribution in [0.2, 0.25) is 0 Å². The van der Waals surface area contributed by atoms with Crippen LogP contribution in [-0.2, 0) is 10.2 Å². The summed E-state index contributed by atoms with van der Waals surface area (Å²) in [5.74, 6) is 2.82. The van der Waals surface area contributed by atoms with Crippen molar-refractivity contribution >= 4 is 36.4 Å². The minimum absolute atomic E-state index is 0. The molecule has 29 heavy (non-hydrogen) atoms. The van der Waals surface area contributed by atoms with Gasteiger partial charge in [-0.05, 0) is 25.2 Å². The van der Waals surface area contributed by atoms with Gasteiger partial charge in [-0.2, -0.15) is 4.98 Å². The molecular formula is C19H26Cl2N6O2. The summed E-state index contributed by atoms with van der Waals surface area (Å²) in [6.07, 6.45) is 7.00. The first-order valence-electron chi connectivity index (χ1n) is 9.78. The van der Waals surface area contributed by atoms with Crippen molar-refractivity contribution in [1.82, 2.24) is 25.4 Å². The molecule has 10 heteroatoms. The lowest BCUT2D eigenvalue weighted by Gasteiger charge is -2.46. The number of Topliss-reactive ketones (excluding diaryl/α,β-unsaturated/α-hetero) is 1. The van der Waals surface area contributed by atoms with Crippen molar-refractivity contribution in [3.8, 4) is 11.5 Å². The fourth-order valence-electron chi connectivity index (χ4n) is 4.83. The van der Waals surface area contributed by atoms with E-state index in [-0.39, 0.29) is 36.1 Å². The Balaban J connectivity index is 0.00000120. The number of carbonyl (C=O) groups is 1. The predicted molar refractivity (Wildman–Crippen MR) is 113 cm³/mol. The molecule has 4 aliphatic rings. The number of hydrogen-bond donors (Lipinski definition) is 1. The molecule has 3 heterocycles. The van der Waals surface area contributed by atoms with Gasteiger partial charge in [0, 0.05) is 38.5 Å². The zero-order valence-electron chi connectivity index (χ0n) is 16.3. The summed E-state index contributed by atoms with van der Waals surface area (Å²) in [4.78, 5) is 28.0. The van der Waals surface area contributed by atoms with E-state index < -0.39 is 0 Å². The fourth-order valence-corrected chi connectivity index (χ4v) is 4.83. The minimum atomic E-state index is -0.212. The average Bonchev–Trinajstić information content (AvgIpc) is 3.21. The summed E-state index contributed by atoms with van der Waals surface area (Å²) in [5.41, 5.74) is 0.403. The predicted octanol–water partition coefficient (Wildman–Crippen LogP) is 2.43. The standard InChI is InChI=1S/C19H24N6O2.2ClH/c1-19(9-12-2-3-13(19)8-15(12)26)18-23-17(24-27-18)14-10-22-16(11-21-14)25-6-4-20-5-7-25;;/h10-13,20H,2-9H2,1H3;2*1H/t12-,13-,19-;;/m0../s1. The van der Waals surface area contributed by atoms with Crippen molar-refractivity contribution in [1.29, 1.82) is 0 Å². The first-order valence-corrected chi connectivity index (χ1v) is 9.78. The molecule has 158 valence electrons. The second kappa shape index (κ2) is 8.53. The van der Waals surface area contributed by atoms with Crippen molar-refractivity contribution in [2.45, 2.75) is 38.0 Å². The zero-order chi connectivity index (χ0) is 18.4. The Hall–Kier alpha value is -1.77. The van der Waals surface area contributed by atoms with Gasteiger partial charge < -0.3 is 14.7 Å². The smallest absolute Gasteiger partial charge is 0.233 e. The lowest BCUT2D eigenvalue weighted by atomic mass is 9.56. The van der Waals surface area contributed by atoms with E-state index in [9.17, 15) is 4.79 Å². The van der Waals surface area contributed by atoms with E-state index in [1.807, 2.05) is 0 Å². The number of hydrogen-bond acceptors (Lipinski definition) is 8. The van der Waals surface area contributed by atoms with Gasteiger partial charge in [0.2, 0.25) is 11.7 Å². The molecule has 3 atom stereocenters. The number of ketones is 1. The summed E-state index contributed by atoms with van der Waals surface area (Å²) < 4.78 is 5.64. The molecule has 1 aliphatic heterocycles. The Morgan fingerprint density at radius 2 is 1.97 bits per heavy atom. The number of carbonyl (C=O) groups excluding carboxylic acids is 1. The van der Waals surface area contributed by atoms with Gasteiger partial charge in [0.1, 0.15) is 17.3 Å². The van der Waals surface area contributed by atoms with Gasteiger partial charge in [-0.15, -0.1) is 24.8 Å². The van der Waals surface area contributed by atoms with Crippen LogP contribution in [0.3, 0.4) is 0 Å². The highest BCUT2D eigenvalue weighted by Crippen LogP contribution is 2.51. The molecule has 4 fully saturated rings. The monoisotopic (exact) mass is 440 g/mol. The topological polar surface area (TPSA) is 97.0 Å². The summed E-state index contributed by atoms with van der Waals surface area (Å²) in [7, 11) is 0. The molecule has 2 bridgehead atoms. The van der Waals surface area contributed by atoms with Gasteiger partial charge >= 0.3 is 0 Å². The van der Waals surface area contributed by atoms with Gasteiger partial charge in [0.05, 0.1) is 17.8 Å². The average molecular weight is 441 g/mol. The summed E-state index contributed by atoms with van der Waals surface area (Å²) >= 11 is 0. The van der Waals surface area contributed by atoms with Crippen LogP contribution in [0.15, 0.2) is 16.9 Å². The van der Waals surface area contributed by atoms with Crippen LogP contribution in [0.4, 0.5) is 5.82 Å². The third-order valence-electron chi connectivity index (χ3n) is 6.56. The SMILES string of the molecule is C[C@]1(c2nc(-c3cnc(N4CCNCC4)cn3)no2)C[C@@H]2CC[C@H]1CC2=O.Cl.Cl. The Kier molecular flexibility index (Phi) is 6.45. The van der Waals surface area contributed by atoms with Crippen LogP contribution in [0, 0.1) is 11.8 Å². The van der Waals surface area contributed by atoms with Gasteiger partial charge in [0.25, 0.3) is 0 Å². The number of fused-ring (bicyclic) bond motifs is 3. The largest absolute Gasteiger partial charge is 0.353 e. The maximum Gasteiger partial charge on any atom is 0.233 e. The van der Waals surface area contributed by atoms with Crippen LogP contribution in [0.5, 0.6) is 0 Å². The number of halogens is 2. The van der Waals surface area contributed by atoms with Crippen molar-refractivity contribution in [3.05, 3.63) is 18.3 Å². The second-order valence-corrected chi connectivity index (χ2v) is 8.18. The lowest BCUT2D eigenvalue weighted by Crippen LogP contribution is -2.47. The third-order valence-corrected chi connectivity index (χ3v) is 6.56. The van der Waals surface area contributed by atoms with Crippen molar-refractivity contribution in [2.24, 2.45) is 11.8 Å². The number of rotatable bonds is 3. The summed E-state index contributed by atoms with van der Waals surface area (Å²) in [5, 5.41) is 7.48. The zero-order valence-corrected chi connectivity index (χ0v) is 18.0. The maximum atomic E-state index is 12.1. The molecule has 0 aromatic carbocycles. The van der Waals surface area contributed by atoms with E-state index in [0.29, 0.717) is 35.5 Å². The Bertz CT molecular complexity index is 855. The number of nitrogens with zero attached hydrogens (tertiary/aromatic N) is 5. The van der Waals surface area contributed by atoms with E-state index in [1.54, 1.807) is 12.4 Å². The molecule has 0 spiro atoms. The number of aromatic nitrogens is 4. The van der Waals surface area contributed by atoms with Crippen molar-refractivity contribution in [2.75, 3.05) is 31.1 Å². The van der Waals surface area contributed by atoms with E-state index in [2.05, 4.69) is 37.2 Å². The Morgan fingerprint density at radius 3 is 2.59 bits per heavy atom. The van der Waals surface area contributed by atoms with E-state index in [4.69, 9.17) is 4.52 Å². The van der Waals surface area contributed by atoms with Crippen LogP contribution in [-0.4, -0.2) is 52.1 Å². The highest BCUT2D eigenvalue weighted by atomic mass is 35.5. The quantitative estimate of drug-likeness (QED) is 0.776. The van der Waals surface area contributed by atoms with Gasteiger partial charge in [-0.1, -0.05) is 12.1 Å². The molecule has 1 N–H and O–H groups in total. The highest BCUT2D eigenvalue weighted by Gasteiger charge is 2.52. The molecule has 8 nitrogen and oxygen atoms in total. The fraction of sp³-hybridized carbons (Fsp3) is 0.632. The van der Waals surface area contributed by atoms with Crippen LogP contribution in [0.25, 0.3) is 11.5 Å². The summed E-state index contributed by atoms with van der Waals surface area (Å²) in [6.45, 7) is 5.94. The van der Waals surface area contributed by atoms with E-state index >= 15 is 0 Å². The second-order valence-electron chi connectivity index (χ2n) is 8.18. The van der Waals surface area contributed by atoms with Crippen LogP contribution >= 0.6 is 24.8 Å². The third kappa shape index (κ3) is 3.85. The normalized spacial score (nSPS) is 28.6. The molecule has 3 aliphatic carbocycles. The number of piperazine rings is 1. The van der Waals surface area contributed by atoms with Crippen molar-refractivity contribution in [3.63, 3.8) is 0 Å². The molecule has 0 amide bonds. The van der Waals surface area contributed by atoms with Crippen molar-refractivity contribution < 1.29 is 9.32 Å². The molecule has 0 radical (unpaired) electrons. The molecular weight excluding hydrogens is 415 g/mol. The van der Waals surface area contributed by atoms with E-state index in [0.717, 1.165) is 51.3 Å². The minimum Gasteiger partial charge on any atom is -0.353 e. The van der Waals surface area contributed by atoms with Crippen LogP contribution in [0.1, 0.15) is 38.5 Å². The molecule has 3 saturated carbocycles. The summed E-state index contributed by atoms with van der Waals surface area (Å²) in [6, 6.07) is 0. The van der Waals surface area contributed by atoms with Gasteiger partial charge in [-0.25, -0.2) is 9.97 Å². The molecule has 2 aromatic heterocycles. The molecule has 0 unspecified atom stereocenters. The molecule has 2 aromatic rings. The maximum absolute atomic E-state index is 12.1.